The van der Waals surface area contributed by atoms with E-state index in [0.29, 0.717) is 21.4 Å². The number of hydrogen-bond acceptors (Lipinski definition) is 6. The van der Waals surface area contributed by atoms with Crippen LogP contribution in [0.4, 0.5) is 5.69 Å². The fourth-order valence-electron chi connectivity index (χ4n) is 5.18. The van der Waals surface area contributed by atoms with E-state index in [2.05, 4.69) is 5.32 Å². The molecular weight excluding hydrogens is 685 g/mol. The summed E-state index contributed by atoms with van der Waals surface area (Å²) < 4.78 is 40.9. The molecule has 0 saturated heterocycles. The van der Waals surface area contributed by atoms with Crippen molar-refractivity contribution in [3.63, 3.8) is 0 Å². The molecule has 0 aliphatic rings. The van der Waals surface area contributed by atoms with E-state index < -0.39 is 40.0 Å². The Balaban J connectivity index is 1.90. The minimum Gasteiger partial charge on any atom is -0.497 e. The van der Waals surface area contributed by atoms with E-state index in [1.54, 1.807) is 42.5 Å². The number of nitrogens with one attached hydrogen (secondary N) is 1. The Kier molecular flexibility index (Phi) is 12.2. The summed E-state index contributed by atoms with van der Waals surface area (Å²) in [4.78, 5) is 30.2. The van der Waals surface area contributed by atoms with Crippen LogP contribution in [0.3, 0.4) is 0 Å². The van der Waals surface area contributed by atoms with Gasteiger partial charge in [-0.1, -0.05) is 77.3 Å². The number of hydrogen-bond donors (Lipinski definition) is 1. The number of benzene rings is 4. The third-order valence-corrected chi connectivity index (χ3v) is 10.0. The molecule has 2 amide bonds. The second-order valence-electron chi connectivity index (χ2n) is 12.6. The third kappa shape index (κ3) is 9.68. The molecule has 0 aliphatic carbocycles. The van der Waals surface area contributed by atoms with E-state index in [1.165, 1.54) is 37.3 Å². The Morgan fingerprint density at radius 1 is 0.878 bits per heavy atom. The van der Waals surface area contributed by atoms with Crippen molar-refractivity contribution in [1.29, 1.82) is 0 Å². The Hall–Kier alpha value is -4.25. The molecule has 0 fully saturated rings. The number of aryl methyl sites for hydroxylation is 1. The second kappa shape index (κ2) is 16.0. The third-order valence-electron chi connectivity index (χ3n) is 7.67. The number of rotatable bonds is 13. The van der Waals surface area contributed by atoms with Crippen LogP contribution < -0.4 is 19.1 Å². The lowest BCUT2D eigenvalue weighted by atomic mass is 10.0. The maximum Gasteiger partial charge on any atom is 0.264 e. The molecule has 9 nitrogen and oxygen atoms in total. The summed E-state index contributed by atoms with van der Waals surface area (Å²) in [6.07, 6.45) is 0.146. The van der Waals surface area contributed by atoms with E-state index in [4.69, 9.17) is 32.7 Å². The Bertz CT molecular complexity index is 1880. The fourth-order valence-corrected chi connectivity index (χ4v) is 7.07. The van der Waals surface area contributed by atoms with Crippen LogP contribution in [0.5, 0.6) is 11.5 Å². The van der Waals surface area contributed by atoms with Gasteiger partial charge >= 0.3 is 0 Å². The fraction of sp³-hybridized carbons (Fsp3) is 0.297. The summed E-state index contributed by atoms with van der Waals surface area (Å²) >= 11 is 12.8. The van der Waals surface area contributed by atoms with Crippen molar-refractivity contribution in [2.75, 3.05) is 25.1 Å². The van der Waals surface area contributed by atoms with E-state index in [9.17, 15) is 18.0 Å². The number of methoxy groups -OCH3 is 2. The molecule has 1 atom stereocenters. The molecule has 0 bridgehead atoms. The number of sulfonamides is 1. The van der Waals surface area contributed by atoms with Gasteiger partial charge in [0.2, 0.25) is 11.8 Å². The van der Waals surface area contributed by atoms with Gasteiger partial charge in [-0.2, -0.15) is 0 Å². The number of carbonyl (C=O) groups excluding carboxylic acids is 2. The van der Waals surface area contributed by atoms with Gasteiger partial charge < -0.3 is 19.7 Å². The first-order chi connectivity index (χ1) is 23.1. The first-order valence-corrected chi connectivity index (χ1v) is 17.7. The zero-order valence-corrected chi connectivity index (χ0v) is 30.7. The molecule has 260 valence electrons. The van der Waals surface area contributed by atoms with Crippen LogP contribution in [-0.4, -0.2) is 57.5 Å². The topological polar surface area (TPSA) is 105 Å². The number of amides is 2. The molecule has 0 unspecified atom stereocenters. The number of anilines is 1. The summed E-state index contributed by atoms with van der Waals surface area (Å²) in [5.41, 5.74) is 1.63. The predicted octanol–water partition coefficient (Wildman–Crippen LogP) is 7.07. The molecule has 0 radical (unpaired) electrons. The summed E-state index contributed by atoms with van der Waals surface area (Å²) in [5.74, 6) is -0.523. The summed E-state index contributed by atoms with van der Waals surface area (Å²) in [6, 6.07) is 24.1. The van der Waals surface area contributed by atoms with Crippen molar-refractivity contribution in [2.24, 2.45) is 0 Å². The van der Waals surface area contributed by atoms with Gasteiger partial charge in [0.25, 0.3) is 10.0 Å². The lowest BCUT2D eigenvalue weighted by molar-refractivity contribution is -0.140. The smallest absolute Gasteiger partial charge is 0.264 e. The molecule has 4 rings (SSSR count). The first kappa shape index (κ1) is 37.6. The molecule has 0 saturated carbocycles. The molecule has 4 aromatic rings. The molecule has 0 spiro atoms. The standard InChI is InChI=1S/C37H41Cl2N3O6S/c1-25-12-17-30(18-13-25)49(45,46)42(32-22-29(47-5)16-19-34(32)48-6)24-35(43)41(23-27-14-15-28(38)21-31(27)39)33(36(44)40-37(2,3)4)20-26-10-8-7-9-11-26/h7-19,21-22,33H,20,23-24H2,1-6H3,(H,40,44)/t33-/m1/s1. The molecule has 0 heterocycles. The Morgan fingerprint density at radius 2 is 1.55 bits per heavy atom. The van der Waals surface area contributed by atoms with Gasteiger partial charge in [0.1, 0.15) is 24.1 Å². The summed E-state index contributed by atoms with van der Waals surface area (Å²) in [5, 5.41) is 3.70. The van der Waals surface area contributed by atoms with Gasteiger partial charge in [0.05, 0.1) is 24.8 Å². The molecule has 4 aromatic carbocycles. The number of carbonyl (C=O) groups is 2. The van der Waals surface area contributed by atoms with Crippen molar-refractivity contribution >= 4 is 50.7 Å². The van der Waals surface area contributed by atoms with Gasteiger partial charge in [0.15, 0.2) is 0 Å². The van der Waals surface area contributed by atoms with Crippen molar-refractivity contribution in [2.45, 2.75) is 57.1 Å². The van der Waals surface area contributed by atoms with E-state index in [0.717, 1.165) is 15.4 Å². The summed E-state index contributed by atoms with van der Waals surface area (Å²) in [6.45, 7) is 6.58. The molecule has 49 heavy (non-hydrogen) atoms. The minimum atomic E-state index is -4.37. The monoisotopic (exact) mass is 725 g/mol. The van der Waals surface area contributed by atoms with E-state index in [1.807, 2.05) is 58.0 Å². The SMILES string of the molecule is COc1ccc(OC)c(N(CC(=O)N(Cc2ccc(Cl)cc2Cl)[C@H](Cc2ccccc2)C(=O)NC(C)(C)C)S(=O)(=O)c2ccc(C)cc2)c1. The van der Waals surface area contributed by atoms with E-state index >= 15 is 0 Å². The quantitative estimate of drug-likeness (QED) is 0.158. The average Bonchev–Trinajstić information content (AvgIpc) is 3.05. The van der Waals surface area contributed by atoms with Crippen molar-refractivity contribution in [1.82, 2.24) is 10.2 Å². The van der Waals surface area contributed by atoms with Crippen LogP contribution >= 0.6 is 23.2 Å². The Morgan fingerprint density at radius 3 is 2.14 bits per heavy atom. The number of ether oxygens (including phenoxy) is 2. The van der Waals surface area contributed by atoms with Crippen molar-refractivity contribution < 1.29 is 27.5 Å². The van der Waals surface area contributed by atoms with Crippen molar-refractivity contribution in [3.05, 3.63) is 118 Å². The first-order valence-electron chi connectivity index (χ1n) is 15.5. The lowest BCUT2D eigenvalue weighted by Gasteiger charge is -2.35. The second-order valence-corrected chi connectivity index (χ2v) is 15.3. The highest BCUT2D eigenvalue weighted by Gasteiger charge is 2.37. The van der Waals surface area contributed by atoms with Gasteiger partial charge in [-0.25, -0.2) is 8.42 Å². The lowest BCUT2D eigenvalue weighted by Crippen LogP contribution is -2.56. The minimum absolute atomic E-state index is 0.0330. The van der Waals surface area contributed by atoms with Crippen molar-refractivity contribution in [3.8, 4) is 11.5 Å². The van der Waals surface area contributed by atoms with Gasteiger partial charge in [-0.05, 0) is 75.2 Å². The van der Waals surface area contributed by atoms with Gasteiger partial charge in [-0.15, -0.1) is 0 Å². The molecule has 0 aromatic heterocycles. The van der Waals surface area contributed by atoms with Crippen LogP contribution in [0.1, 0.15) is 37.5 Å². The normalized spacial score (nSPS) is 12.2. The summed E-state index contributed by atoms with van der Waals surface area (Å²) in [7, 11) is -1.51. The highest BCUT2D eigenvalue weighted by Crippen LogP contribution is 2.36. The van der Waals surface area contributed by atoms with Crippen LogP contribution in [0.15, 0.2) is 95.9 Å². The van der Waals surface area contributed by atoms with E-state index in [-0.39, 0.29) is 29.3 Å². The van der Waals surface area contributed by atoms with Gasteiger partial charge in [-0.3, -0.25) is 13.9 Å². The Labute approximate surface area is 298 Å². The molecule has 12 heteroatoms. The largest absolute Gasteiger partial charge is 0.497 e. The predicted molar refractivity (Wildman–Crippen MR) is 194 cm³/mol. The van der Waals surface area contributed by atoms with Gasteiger partial charge in [0, 0.05) is 34.6 Å². The van der Waals surface area contributed by atoms with Crippen LogP contribution in [-0.2, 0) is 32.6 Å². The zero-order valence-electron chi connectivity index (χ0n) is 28.4. The zero-order chi connectivity index (χ0) is 35.9. The maximum absolute atomic E-state index is 14.8. The highest BCUT2D eigenvalue weighted by atomic mass is 35.5. The molecule has 0 aliphatic heterocycles. The highest BCUT2D eigenvalue weighted by molar-refractivity contribution is 7.92. The maximum atomic E-state index is 14.8. The number of nitrogens with zero attached hydrogens (tertiary/aromatic N) is 2. The molecular formula is C37H41Cl2N3O6S. The van der Waals surface area contributed by atoms with Crippen LogP contribution in [0, 0.1) is 6.92 Å². The molecule has 1 N–H and O–H groups in total. The average molecular weight is 727 g/mol. The van der Waals surface area contributed by atoms with Crippen LogP contribution in [0.25, 0.3) is 0 Å². The van der Waals surface area contributed by atoms with Crippen LogP contribution in [0.2, 0.25) is 10.0 Å². The number of halogens is 2.